The predicted octanol–water partition coefficient (Wildman–Crippen LogP) is 5.56. The number of carbonyl (C=O) groups is 2. The molecule has 1 N–H and O–H groups in total. The number of amides is 2. The van der Waals surface area contributed by atoms with Gasteiger partial charge in [-0.15, -0.1) is 6.58 Å². The molecule has 3 aromatic rings. The maximum atomic E-state index is 13.1. The van der Waals surface area contributed by atoms with Gasteiger partial charge in [0.2, 0.25) is 0 Å². The van der Waals surface area contributed by atoms with Crippen molar-refractivity contribution in [3.63, 3.8) is 0 Å². The summed E-state index contributed by atoms with van der Waals surface area (Å²) in [4.78, 5) is 26.2. The van der Waals surface area contributed by atoms with E-state index in [1.807, 2.05) is 36.4 Å². The van der Waals surface area contributed by atoms with Gasteiger partial charge in [0.15, 0.2) is 15.8 Å². The first kappa shape index (κ1) is 27.0. The van der Waals surface area contributed by atoms with E-state index < -0.39 is 11.8 Å². The first-order valence-electron chi connectivity index (χ1n) is 11.6. The van der Waals surface area contributed by atoms with Gasteiger partial charge in [-0.05, 0) is 72.2 Å². The summed E-state index contributed by atoms with van der Waals surface area (Å²) in [6.07, 6.45) is 4.04. The third-order valence-corrected chi connectivity index (χ3v) is 6.92. The Morgan fingerprint density at radius 3 is 2.47 bits per heavy atom. The largest absolute Gasteiger partial charge is 0.497 e. The lowest BCUT2D eigenvalue weighted by Crippen LogP contribution is -2.44. The molecule has 1 fully saturated rings. The molecular formula is C29H26N2O5S2. The van der Waals surface area contributed by atoms with Crippen molar-refractivity contribution >= 4 is 46.2 Å². The summed E-state index contributed by atoms with van der Waals surface area (Å²) in [7, 11) is 3.11. The molecule has 0 saturated carbocycles. The molecule has 1 aliphatic rings. The van der Waals surface area contributed by atoms with Crippen molar-refractivity contribution in [1.29, 1.82) is 0 Å². The third kappa shape index (κ3) is 6.24. The van der Waals surface area contributed by atoms with Crippen LogP contribution in [0.5, 0.6) is 17.2 Å². The van der Waals surface area contributed by atoms with Crippen molar-refractivity contribution in [3.05, 3.63) is 107 Å². The van der Waals surface area contributed by atoms with Gasteiger partial charge in [0.25, 0.3) is 11.8 Å². The van der Waals surface area contributed by atoms with E-state index in [2.05, 4.69) is 12.0 Å². The lowest BCUT2D eigenvalue weighted by atomic mass is 10.0. The zero-order chi connectivity index (χ0) is 27.1. The van der Waals surface area contributed by atoms with E-state index in [4.69, 9.17) is 26.4 Å². The number of benzene rings is 3. The van der Waals surface area contributed by atoms with Crippen LogP contribution in [0.3, 0.4) is 0 Å². The Morgan fingerprint density at radius 2 is 1.82 bits per heavy atom. The minimum Gasteiger partial charge on any atom is -0.497 e. The van der Waals surface area contributed by atoms with Crippen LogP contribution >= 0.6 is 24.0 Å². The quantitative estimate of drug-likeness (QED) is 0.203. The molecule has 9 heteroatoms. The highest BCUT2D eigenvalue weighted by molar-refractivity contribution is 8.26. The van der Waals surface area contributed by atoms with Crippen molar-refractivity contribution in [2.24, 2.45) is 0 Å². The third-order valence-electron chi connectivity index (χ3n) is 5.62. The highest BCUT2D eigenvalue weighted by Gasteiger charge is 2.34. The average Bonchev–Trinajstić information content (AvgIpc) is 3.20. The Labute approximate surface area is 231 Å². The summed E-state index contributed by atoms with van der Waals surface area (Å²) in [6.45, 7) is 4.24. The number of allylic oxidation sites excluding steroid dienone is 1. The Bertz CT molecular complexity index is 1390. The molecule has 0 aliphatic carbocycles. The molecule has 3 aromatic carbocycles. The van der Waals surface area contributed by atoms with E-state index >= 15 is 0 Å². The van der Waals surface area contributed by atoms with Crippen molar-refractivity contribution in [2.45, 2.75) is 13.0 Å². The molecule has 38 heavy (non-hydrogen) atoms. The number of carbonyl (C=O) groups excluding carboxylic acids is 2. The molecule has 0 atom stereocenters. The maximum absolute atomic E-state index is 13.1. The van der Waals surface area contributed by atoms with E-state index in [1.165, 1.54) is 0 Å². The lowest BCUT2D eigenvalue weighted by Gasteiger charge is -2.16. The number of nitrogens with one attached hydrogen (secondary N) is 1. The molecule has 0 bridgehead atoms. The van der Waals surface area contributed by atoms with E-state index in [0.717, 1.165) is 33.5 Å². The highest BCUT2D eigenvalue weighted by atomic mass is 32.2. The predicted molar refractivity (Wildman–Crippen MR) is 153 cm³/mol. The van der Waals surface area contributed by atoms with Crippen LogP contribution in [-0.2, 0) is 17.8 Å². The molecule has 4 rings (SSSR count). The van der Waals surface area contributed by atoms with Crippen molar-refractivity contribution in [3.8, 4) is 17.2 Å². The fourth-order valence-electron chi connectivity index (χ4n) is 3.74. The fraction of sp³-hybridized carbons (Fsp3) is 0.138. The number of nitrogens with zero attached hydrogens (tertiary/aromatic N) is 1. The normalized spacial score (nSPS) is 13.9. The van der Waals surface area contributed by atoms with Gasteiger partial charge >= 0.3 is 0 Å². The number of hydrogen-bond donors (Lipinski definition) is 1. The minimum atomic E-state index is -0.458. The van der Waals surface area contributed by atoms with Crippen LogP contribution in [0.25, 0.3) is 6.08 Å². The van der Waals surface area contributed by atoms with Crippen molar-refractivity contribution < 1.29 is 23.8 Å². The molecule has 0 aromatic heterocycles. The van der Waals surface area contributed by atoms with Crippen LogP contribution in [0.2, 0.25) is 0 Å². The summed E-state index contributed by atoms with van der Waals surface area (Å²) < 4.78 is 17.1. The summed E-state index contributed by atoms with van der Waals surface area (Å²) >= 11 is 6.48. The maximum Gasteiger partial charge on any atom is 0.285 e. The average molecular weight is 547 g/mol. The molecule has 1 saturated heterocycles. The molecule has 194 valence electrons. The standard InChI is InChI=1S/C29H26N2O5S2/c1-4-8-22-15-20(16-24(35-3)26(22)36-18-19-9-6-5-7-10-19)17-25-28(33)31(29(37)38-25)30-27(32)21-11-13-23(34-2)14-12-21/h4-7,9-17H,1,8,18H2,2-3H3,(H,30,32)/b25-17-. The van der Waals surface area contributed by atoms with Crippen LogP contribution < -0.4 is 19.6 Å². The second-order valence-electron chi connectivity index (χ2n) is 8.17. The molecule has 0 radical (unpaired) electrons. The Kier molecular flexibility index (Phi) is 8.83. The van der Waals surface area contributed by atoms with Crippen LogP contribution in [0.4, 0.5) is 0 Å². The van der Waals surface area contributed by atoms with Crippen molar-refractivity contribution in [1.82, 2.24) is 10.4 Å². The number of rotatable bonds is 10. The topological polar surface area (TPSA) is 77.1 Å². The first-order chi connectivity index (χ1) is 18.4. The molecule has 2 amide bonds. The number of hydrazine groups is 1. The zero-order valence-corrected chi connectivity index (χ0v) is 22.6. The van der Waals surface area contributed by atoms with Gasteiger partial charge < -0.3 is 14.2 Å². The summed E-state index contributed by atoms with van der Waals surface area (Å²) in [5.41, 5.74) is 5.58. The van der Waals surface area contributed by atoms with E-state index in [9.17, 15) is 9.59 Å². The zero-order valence-electron chi connectivity index (χ0n) is 20.9. The Morgan fingerprint density at radius 1 is 1.08 bits per heavy atom. The van der Waals surface area contributed by atoms with Crippen molar-refractivity contribution in [2.75, 3.05) is 14.2 Å². The van der Waals surface area contributed by atoms with Crippen LogP contribution in [-0.4, -0.2) is 35.4 Å². The fourth-order valence-corrected chi connectivity index (χ4v) is 4.92. The van der Waals surface area contributed by atoms with Crippen LogP contribution in [0, 0.1) is 0 Å². The number of thioether (sulfide) groups is 1. The van der Waals surface area contributed by atoms with E-state index in [0.29, 0.717) is 40.7 Å². The summed E-state index contributed by atoms with van der Waals surface area (Å²) in [6, 6.07) is 20.1. The first-order valence-corrected chi connectivity index (χ1v) is 12.9. The molecule has 1 aliphatic heterocycles. The highest BCUT2D eigenvalue weighted by Crippen LogP contribution is 2.37. The van der Waals surface area contributed by atoms with Gasteiger partial charge in [0.05, 0.1) is 19.1 Å². The molecule has 0 unspecified atom stereocenters. The molecule has 0 spiro atoms. The Hall–Kier alpha value is -4.08. The van der Waals surface area contributed by atoms with E-state index in [-0.39, 0.29) is 4.32 Å². The minimum absolute atomic E-state index is 0.226. The van der Waals surface area contributed by atoms with E-state index in [1.54, 1.807) is 56.7 Å². The number of ether oxygens (including phenoxy) is 3. The smallest absolute Gasteiger partial charge is 0.285 e. The molecule has 7 nitrogen and oxygen atoms in total. The Balaban J connectivity index is 1.55. The second-order valence-corrected chi connectivity index (χ2v) is 9.84. The van der Waals surface area contributed by atoms with Gasteiger partial charge in [-0.3, -0.25) is 15.0 Å². The van der Waals surface area contributed by atoms with Gasteiger partial charge in [-0.25, -0.2) is 0 Å². The number of methoxy groups -OCH3 is 2. The SMILES string of the molecule is C=CCc1cc(/C=C2\SC(=S)N(NC(=O)c3ccc(OC)cc3)C2=O)cc(OC)c1OCc1ccccc1. The van der Waals surface area contributed by atoms with Crippen LogP contribution in [0.1, 0.15) is 27.0 Å². The summed E-state index contributed by atoms with van der Waals surface area (Å²) in [5, 5.41) is 1.08. The molecular weight excluding hydrogens is 520 g/mol. The lowest BCUT2D eigenvalue weighted by molar-refractivity contribution is -0.123. The van der Waals surface area contributed by atoms with Gasteiger partial charge in [-0.1, -0.05) is 48.2 Å². The van der Waals surface area contributed by atoms with Gasteiger partial charge in [0.1, 0.15) is 12.4 Å². The van der Waals surface area contributed by atoms with Crippen LogP contribution in [0.15, 0.2) is 84.3 Å². The monoisotopic (exact) mass is 546 g/mol. The molecule has 1 heterocycles. The van der Waals surface area contributed by atoms with Gasteiger partial charge in [0, 0.05) is 11.1 Å². The summed E-state index contributed by atoms with van der Waals surface area (Å²) in [5.74, 6) is 0.899. The van der Waals surface area contributed by atoms with Gasteiger partial charge in [-0.2, -0.15) is 5.01 Å². The number of thiocarbonyl (C=S) groups is 1. The second kappa shape index (κ2) is 12.4. The number of hydrogen-bond acceptors (Lipinski definition) is 7.